The van der Waals surface area contributed by atoms with Gasteiger partial charge in [-0.2, -0.15) is 0 Å². The Bertz CT molecular complexity index is 782. The standard InChI is InChI=1S/C23H28N2O2/c1-2-27-21(17-8-4-3-5-9-17)16-24-18-12-14-23(15-13-18)19-10-6-7-11-20(19)25-22(23)26/h3-11,18,21,24H,2,12-16H2,1H3,(H,25,26). The van der Waals surface area contributed by atoms with E-state index >= 15 is 0 Å². The van der Waals surface area contributed by atoms with Crippen LogP contribution in [0.3, 0.4) is 0 Å². The van der Waals surface area contributed by atoms with E-state index in [9.17, 15) is 4.79 Å². The van der Waals surface area contributed by atoms with Crippen molar-refractivity contribution >= 4 is 11.6 Å². The van der Waals surface area contributed by atoms with Crippen molar-refractivity contribution in [2.75, 3.05) is 18.5 Å². The molecule has 2 aliphatic rings. The third-order valence-corrected chi connectivity index (χ3v) is 6.10. The van der Waals surface area contributed by atoms with Crippen molar-refractivity contribution in [1.82, 2.24) is 5.32 Å². The van der Waals surface area contributed by atoms with Crippen molar-refractivity contribution in [3.05, 3.63) is 65.7 Å². The van der Waals surface area contributed by atoms with Crippen LogP contribution in [0, 0.1) is 0 Å². The van der Waals surface area contributed by atoms with Gasteiger partial charge in [-0.1, -0.05) is 48.5 Å². The van der Waals surface area contributed by atoms with Crippen LogP contribution in [0.25, 0.3) is 0 Å². The number of carbonyl (C=O) groups is 1. The Kier molecular flexibility index (Phi) is 5.28. The molecule has 1 saturated carbocycles. The van der Waals surface area contributed by atoms with Crippen LogP contribution in [-0.4, -0.2) is 25.1 Å². The summed E-state index contributed by atoms with van der Waals surface area (Å²) >= 11 is 0. The fraction of sp³-hybridized carbons (Fsp3) is 0.435. The van der Waals surface area contributed by atoms with Crippen LogP contribution in [0.15, 0.2) is 54.6 Å². The average molecular weight is 364 g/mol. The van der Waals surface area contributed by atoms with Gasteiger partial charge in [0, 0.05) is 24.9 Å². The summed E-state index contributed by atoms with van der Waals surface area (Å²) < 4.78 is 5.95. The summed E-state index contributed by atoms with van der Waals surface area (Å²) in [6.07, 6.45) is 3.89. The highest BCUT2D eigenvalue weighted by atomic mass is 16.5. The van der Waals surface area contributed by atoms with E-state index in [-0.39, 0.29) is 17.4 Å². The second-order valence-corrected chi connectivity index (χ2v) is 7.62. The summed E-state index contributed by atoms with van der Waals surface area (Å²) in [4.78, 5) is 12.7. The number of carbonyl (C=O) groups excluding carboxylic acids is 1. The molecule has 2 aromatic rings. The molecule has 4 nitrogen and oxygen atoms in total. The minimum Gasteiger partial charge on any atom is -0.372 e. The van der Waals surface area contributed by atoms with Crippen LogP contribution in [0.1, 0.15) is 49.8 Å². The number of nitrogens with one attached hydrogen (secondary N) is 2. The first-order valence-corrected chi connectivity index (χ1v) is 10.0. The van der Waals surface area contributed by atoms with Gasteiger partial charge in [-0.25, -0.2) is 0 Å². The number of benzene rings is 2. The lowest BCUT2D eigenvalue weighted by molar-refractivity contribution is -0.122. The van der Waals surface area contributed by atoms with Gasteiger partial charge in [0.05, 0.1) is 11.5 Å². The van der Waals surface area contributed by atoms with Gasteiger partial charge in [0.2, 0.25) is 5.91 Å². The maximum atomic E-state index is 12.7. The molecule has 27 heavy (non-hydrogen) atoms. The molecule has 1 aliphatic carbocycles. The molecule has 0 saturated heterocycles. The Labute approximate surface area is 161 Å². The lowest BCUT2D eigenvalue weighted by atomic mass is 9.69. The summed E-state index contributed by atoms with van der Waals surface area (Å²) in [6, 6.07) is 19.0. The highest BCUT2D eigenvalue weighted by Crippen LogP contribution is 2.47. The fourth-order valence-corrected chi connectivity index (χ4v) is 4.60. The predicted octanol–water partition coefficient (Wildman–Crippen LogP) is 4.19. The van der Waals surface area contributed by atoms with E-state index in [0.717, 1.165) is 37.9 Å². The number of rotatable bonds is 6. The molecular formula is C23H28N2O2. The molecule has 1 unspecified atom stereocenters. The highest BCUT2D eigenvalue weighted by Gasteiger charge is 2.48. The molecule has 1 spiro atoms. The normalized spacial score (nSPS) is 25.2. The van der Waals surface area contributed by atoms with Gasteiger partial charge in [0.25, 0.3) is 0 Å². The third kappa shape index (κ3) is 3.52. The van der Waals surface area contributed by atoms with Crippen molar-refractivity contribution in [2.45, 2.75) is 50.2 Å². The first-order chi connectivity index (χ1) is 13.2. The second kappa shape index (κ2) is 7.83. The number of hydrogen-bond acceptors (Lipinski definition) is 3. The Morgan fingerprint density at radius 1 is 1.11 bits per heavy atom. The Morgan fingerprint density at radius 3 is 2.56 bits per heavy atom. The summed E-state index contributed by atoms with van der Waals surface area (Å²) in [5, 5.41) is 6.78. The number of fused-ring (bicyclic) bond motifs is 2. The SMILES string of the molecule is CCOC(CNC1CCC2(CC1)C(=O)Nc1ccccc12)c1ccccc1. The van der Waals surface area contributed by atoms with Crippen molar-refractivity contribution in [2.24, 2.45) is 0 Å². The summed E-state index contributed by atoms with van der Waals surface area (Å²) in [7, 11) is 0. The molecular weight excluding hydrogens is 336 g/mol. The van der Waals surface area contributed by atoms with E-state index in [2.05, 4.69) is 41.0 Å². The molecule has 0 aromatic heterocycles. The Hall–Kier alpha value is -2.17. The number of amides is 1. The van der Waals surface area contributed by atoms with Gasteiger partial charge < -0.3 is 15.4 Å². The van der Waals surface area contributed by atoms with E-state index in [4.69, 9.17) is 4.74 Å². The maximum absolute atomic E-state index is 12.7. The van der Waals surface area contributed by atoms with Crippen molar-refractivity contribution in [3.8, 4) is 0 Å². The van der Waals surface area contributed by atoms with Gasteiger partial charge in [-0.05, 0) is 49.8 Å². The van der Waals surface area contributed by atoms with Crippen LogP contribution >= 0.6 is 0 Å². The smallest absolute Gasteiger partial charge is 0.235 e. The Morgan fingerprint density at radius 2 is 1.81 bits per heavy atom. The minimum absolute atomic E-state index is 0.0718. The lowest BCUT2D eigenvalue weighted by Gasteiger charge is -2.36. The van der Waals surface area contributed by atoms with Crippen molar-refractivity contribution in [1.29, 1.82) is 0 Å². The first-order valence-electron chi connectivity index (χ1n) is 10.0. The zero-order chi connectivity index (χ0) is 18.7. The van der Waals surface area contributed by atoms with Crippen LogP contribution in [0.2, 0.25) is 0 Å². The number of ether oxygens (including phenoxy) is 1. The van der Waals surface area contributed by atoms with Gasteiger partial charge in [0.1, 0.15) is 0 Å². The summed E-state index contributed by atoms with van der Waals surface area (Å²) in [6.45, 7) is 3.54. The lowest BCUT2D eigenvalue weighted by Crippen LogP contribution is -2.44. The molecule has 2 aromatic carbocycles. The predicted molar refractivity (Wildman–Crippen MR) is 108 cm³/mol. The van der Waals surface area contributed by atoms with Crippen LogP contribution in [0.4, 0.5) is 5.69 Å². The molecule has 4 rings (SSSR count). The van der Waals surface area contributed by atoms with E-state index in [1.807, 2.05) is 31.2 Å². The van der Waals surface area contributed by atoms with E-state index < -0.39 is 0 Å². The van der Waals surface area contributed by atoms with E-state index in [1.165, 1.54) is 11.1 Å². The monoisotopic (exact) mass is 364 g/mol. The molecule has 4 heteroatoms. The Balaban J connectivity index is 1.38. The van der Waals surface area contributed by atoms with Crippen molar-refractivity contribution in [3.63, 3.8) is 0 Å². The zero-order valence-corrected chi connectivity index (χ0v) is 15.9. The topological polar surface area (TPSA) is 50.4 Å². The van der Waals surface area contributed by atoms with Gasteiger partial charge in [0.15, 0.2) is 0 Å². The zero-order valence-electron chi connectivity index (χ0n) is 15.9. The summed E-state index contributed by atoms with van der Waals surface area (Å²) in [5.41, 5.74) is 3.07. The van der Waals surface area contributed by atoms with Gasteiger partial charge in [-0.15, -0.1) is 0 Å². The fourth-order valence-electron chi connectivity index (χ4n) is 4.60. The second-order valence-electron chi connectivity index (χ2n) is 7.62. The van der Waals surface area contributed by atoms with Gasteiger partial charge >= 0.3 is 0 Å². The number of anilines is 1. The highest BCUT2D eigenvalue weighted by molar-refractivity contribution is 6.06. The molecule has 142 valence electrons. The summed E-state index contributed by atoms with van der Waals surface area (Å²) in [5.74, 6) is 0.179. The van der Waals surface area contributed by atoms with E-state index in [1.54, 1.807) is 0 Å². The number of para-hydroxylation sites is 1. The quantitative estimate of drug-likeness (QED) is 0.808. The number of hydrogen-bond donors (Lipinski definition) is 2. The largest absolute Gasteiger partial charge is 0.372 e. The molecule has 0 radical (unpaired) electrons. The molecule has 2 N–H and O–H groups in total. The molecule has 1 amide bonds. The average Bonchev–Trinajstić information content (AvgIpc) is 2.99. The molecule has 1 fully saturated rings. The van der Waals surface area contributed by atoms with Crippen LogP contribution in [-0.2, 0) is 14.9 Å². The van der Waals surface area contributed by atoms with Crippen molar-refractivity contribution < 1.29 is 9.53 Å². The van der Waals surface area contributed by atoms with Gasteiger partial charge in [-0.3, -0.25) is 4.79 Å². The maximum Gasteiger partial charge on any atom is 0.235 e. The first kappa shape index (κ1) is 18.2. The van der Waals surface area contributed by atoms with E-state index in [0.29, 0.717) is 12.6 Å². The molecule has 1 aliphatic heterocycles. The molecule has 1 atom stereocenters. The minimum atomic E-state index is -0.326. The molecule has 0 bridgehead atoms. The molecule has 1 heterocycles. The van der Waals surface area contributed by atoms with Crippen LogP contribution < -0.4 is 10.6 Å². The third-order valence-electron chi connectivity index (χ3n) is 6.10. The van der Waals surface area contributed by atoms with Crippen LogP contribution in [0.5, 0.6) is 0 Å².